The van der Waals surface area contributed by atoms with Gasteiger partial charge in [-0.1, -0.05) is 6.08 Å². The standard InChI is InChI=1S/C8H10BrNO/c1-6(10)2-3-7-4-5-8(9)11-7/h2-6H,10H2,1H3/b3-2+. The third-order valence-electron chi connectivity index (χ3n) is 1.16. The van der Waals surface area contributed by atoms with Crippen molar-refractivity contribution in [2.45, 2.75) is 13.0 Å². The highest BCUT2D eigenvalue weighted by molar-refractivity contribution is 9.10. The number of nitrogens with two attached hydrogens (primary N) is 1. The van der Waals surface area contributed by atoms with Gasteiger partial charge in [-0.25, -0.2) is 0 Å². The van der Waals surface area contributed by atoms with Crippen LogP contribution in [0.25, 0.3) is 6.08 Å². The summed E-state index contributed by atoms with van der Waals surface area (Å²) in [5.41, 5.74) is 5.51. The highest BCUT2D eigenvalue weighted by Gasteiger charge is 1.93. The molecule has 0 radical (unpaired) electrons. The third-order valence-corrected chi connectivity index (χ3v) is 1.58. The molecule has 0 aromatic carbocycles. The minimum Gasteiger partial charge on any atom is -0.450 e. The van der Waals surface area contributed by atoms with Crippen LogP contribution in [0, 0.1) is 0 Å². The molecule has 1 aromatic rings. The molecule has 1 rings (SSSR count). The Labute approximate surface area is 74.2 Å². The van der Waals surface area contributed by atoms with Gasteiger partial charge < -0.3 is 10.2 Å². The molecular weight excluding hydrogens is 206 g/mol. The fraction of sp³-hybridized carbons (Fsp3) is 0.250. The maximum atomic E-state index is 5.51. The highest BCUT2D eigenvalue weighted by Crippen LogP contribution is 2.14. The molecule has 0 aliphatic carbocycles. The minimum absolute atomic E-state index is 0.0684. The fourth-order valence-electron chi connectivity index (χ4n) is 0.664. The van der Waals surface area contributed by atoms with E-state index in [4.69, 9.17) is 10.2 Å². The fourth-order valence-corrected chi connectivity index (χ4v) is 0.984. The number of furan rings is 1. The second kappa shape index (κ2) is 3.74. The molecule has 0 saturated carbocycles. The molecule has 0 spiro atoms. The second-order valence-electron chi connectivity index (χ2n) is 2.36. The predicted molar refractivity (Wildman–Crippen MR) is 49.1 cm³/mol. The summed E-state index contributed by atoms with van der Waals surface area (Å²) in [6.07, 6.45) is 3.74. The van der Waals surface area contributed by atoms with Crippen molar-refractivity contribution in [3.8, 4) is 0 Å². The molecule has 0 fully saturated rings. The average molecular weight is 216 g/mol. The molecule has 0 aliphatic heterocycles. The van der Waals surface area contributed by atoms with E-state index in [9.17, 15) is 0 Å². The van der Waals surface area contributed by atoms with Crippen molar-refractivity contribution in [2.24, 2.45) is 5.73 Å². The van der Waals surface area contributed by atoms with Crippen LogP contribution in [0.3, 0.4) is 0 Å². The van der Waals surface area contributed by atoms with Gasteiger partial charge in [0.15, 0.2) is 4.67 Å². The van der Waals surface area contributed by atoms with Crippen LogP contribution < -0.4 is 5.73 Å². The van der Waals surface area contributed by atoms with Gasteiger partial charge >= 0.3 is 0 Å². The van der Waals surface area contributed by atoms with Crippen molar-refractivity contribution in [2.75, 3.05) is 0 Å². The molecule has 0 aliphatic rings. The Morgan fingerprint density at radius 3 is 2.82 bits per heavy atom. The summed E-state index contributed by atoms with van der Waals surface area (Å²) in [6.45, 7) is 1.91. The zero-order chi connectivity index (χ0) is 8.27. The zero-order valence-electron chi connectivity index (χ0n) is 6.25. The summed E-state index contributed by atoms with van der Waals surface area (Å²) in [5, 5.41) is 0. The Bertz CT molecular complexity index is 252. The molecule has 0 bridgehead atoms. The Morgan fingerprint density at radius 2 is 2.36 bits per heavy atom. The van der Waals surface area contributed by atoms with Crippen molar-refractivity contribution in [3.63, 3.8) is 0 Å². The van der Waals surface area contributed by atoms with E-state index in [2.05, 4.69) is 15.9 Å². The van der Waals surface area contributed by atoms with Gasteiger partial charge in [0.1, 0.15) is 5.76 Å². The van der Waals surface area contributed by atoms with Crippen LogP contribution in [0.4, 0.5) is 0 Å². The monoisotopic (exact) mass is 215 g/mol. The molecule has 0 saturated heterocycles. The molecule has 2 nitrogen and oxygen atoms in total. The van der Waals surface area contributed by atoms with Crippen molar-refractivity contribution in [1.82, 2.24) is 0 Å². The normalized spacial score (nSPS) is 14.1. The number of hydrogen-bond acceptors (Lipinski definition) is 2. The molecule has 11 heavy (non-hydrogen) atoms. The first-order chi connectivity index (χ1) is 5.18. The molecular formula is C8H10BrNO. The molecule has 60 valence electrons. The summed E-state index contributed by atoms with van der Waals surface area (Å²) in [7, 11) is 0. The molecule has 1 atom stereocenters. The first kappa shape index (κ1) is 8.56. The lowest BCUT2D eigenvalue weighted by atomic mass is 10.3. The van der Waals surface area contributed by atoms with Crippen LogP contribution in [-0.4, -0.2) is 6.04 Å². The van der Waals surface area contributed by atoms with E-state index >= 15 is 0 Å². The maximum absolute atomic E-state index is 5.51. The van der Waals surface area contributed by atoms with Crippen LogP contribution in [0.2, 0.25) is 0 Å². The lowest BCUT2D eigenvalue weighted by Gasteiger charge is -1.91. The van der Waals surface area contributed by atoms with Gasteiger partial charge in [-0.05, 0) is 41.1 Å². The van der Waals surface area contributed by atoms with E-state index in [-0.39, 0.29) is 6.04 Å². The van der Waals surface area contributed by atoms with Crippen molar-refractivity contribution < 1.29 is 4.42 Å². The van der Waals surface area contributed by atoms with Gasteiger partial charge in [-0.2, -0.15) is 0 Å². The summed E-state index contributed by atoms with van der Waals surface area (Å²) >= 11 is 3.21. The Morgan fingerprint density at radius 1 is 1.64 bits per heavy atom. The number of halogens is 1. The van der Waals surface area contributed by atoms with E-state index < -0.39 is 0 Å². The Balaban J connectivity index is 2.64. The van der Waals surface area contributed by atoms with Crippen LogP contribution in [0.15, 0.2) is 27.3 Å². The van der Waals surface area contributed by atoms with Gasteiger partial charge in [0.05, 0.1) is 0 Å². The van der Waals surface area contributed by atoms with Crippen LogP contribution in [0.5, 0.6) is 0 Å². The summed E-state index contributed by atoms with van der Waals surface area (Å²) < 4.78 is 5.95. The van der Waals surface area contributed by atoms with E-state index in [0.717, 1.165) is 10.4 Å². The molecule has 1 heterocycles. The molecule has 1 aromatic heterocycles. The maximum Gasteiger partial charge on any atom is 0.169 e. The Hall–Kier alpha value is -0.540. The smallest absolute Gasteiger partial charge is 0.169 e. The predicted octanol–water partition coefficient (Wildman–Crippen LogP) is 2.40. The SMILES string of the molecule is CC(N)/C=C/c1ccc(Br)o1. The topological polar surface area (TPSA) is 39.2 Å². The molecule has 1 unspecified atom stereocenters. The van der Waals surface area contributed by atoms with Crippen molar-refractivity contribution in [3.05, 3.63) is 28.6 Å². The van der Waals surface area contributed by atoms with E-state index in [1.807, 2.05) is 31.2 Å². The van der Waals surface area contributed by atoms with Gasteiger partial charge in [-0.15, -0.1) is 0 Å². The number of rotatable bonds is 2. The summed E-state index contributed by atoms with van der Waals surface area (Å²) in [4.78, 5) is 0. The quantitative estimate of drug-likeness (QED) is 0.824. The Kier molecular flexibility index (Phi) is 2.91. The zero-order valence-corrected chi connectivity index (χ0v) is 7.84. The largest absolute Gasteiger partial charge is 0.450 e. The third kappa shape index (κ3) is 2.91. The lowest BCUT2D eigenvalue weighted by molar-refractivity contribution is 0.531. The highest BCUT2D eigenvalue weighted by atomic mass is 79.9. The van der Waals surface area contributed by atoms with E-state index in [0.29, 0.717) is 0 Å². The number of hydrogen-bond donors (Lipinski definition) is 1. The van der Waals surface area contributed by atoms with Crippen LogP contribution >= 0.6 is 15.9 Å². The van der Waals surface area contributed by atoms with Crippen molar-refractivity contribution >= 4 is 22.0 Å². The first-order valence-corrected chi connectivity index (χ1v) is 4.17. The van der Waals surface area contributed by atoms with E-state index in [1.165, 1.54) is 0 Å². The second-order valence-corrected chi connectivity index (χ2v) is 3.14. The van der Waals surface area contributed by atoms with Gasteiger partial charge in [0, 0.05) is 6.04 Å². The van der Waals surface area contributed by atoms with Gasteiger partial charge in [0.2, 0.25) is 0 Å². The van der Waals surface area contributed by atoms with Crippen LogP contribution in [-0.2, 0) is 0 Å². The molecule has 0 amide bonds. The first-order valence-electron chi connectivity index (χ1n) is 3.37. The molecule has 3 heteroatoms. The van der Waals surface area contributed by atoms with Gasteiger partial charge in [0.25, 0.3) is 0 Å². The van der Waals surface area contributed by atoms with Gasteiger partial charge in [-0.3, -0.25) is 0 Å². The average Bonchev–Trinajstić information content (AvgIpc) is 2.31. The summed E-state index contributed by atoms with van der Waals surface area (Å²) in [6, 6.07) is 3.79. The molecule has 2 N–H and O–H groups in total. The summed E-state index contributed by atoms with van der Waals surface area (Å²) in [5.74, 6) is 0.814. The van der Waals surface area contributed by atoms with E-state index in [1.54, 1.807) is 0 Å². The van der Waals surface area contributed by atoms with Crippen molar-refractivity contribution in [1.29, 1.82) is 0 Å². The minimum atomic E-state index is 0.0684. The van der Waals surface area contributed by atoms with Crippen LogP contribution in [0.1, 0.15) is 12.7 Å². The lowest BCUT2D eigenvalue weighted by Crippen LogP contribution is -2.09.